The Morgan fingerprint density at radius 3 is 2.11 bits per heavy atom. The first-order valence-corrected chi connectivity index (χ1v) is 10.7. The lowest BCUT2D eigenvalue weighted by atomic mass is 9.88. The van der Waals surface area contributed by atoms with E-state index in [0.717, 1.165) is 13.8 Å². The molecule has 0 bridgehead atoms. The zero-order valence-corrected chi connectivity index (χ0v) is 18.9. The Morgan fingerprint density at radius 1 is 1.03 bits per heavy atom. The average molecular weight is 512 g/mol. The summed E-state index contributed by atoms with van der Waals surface area (Å²) in [5.74, 6) is -5.80. The predicted octanol–water partition coefficient (Wildman–Crippen LogP) is -5.90. The standard InChI is InChI=1S/C19H32N2O14/c1-6(23)20-11-8(25)3-19(18(31)32,35-16(11)13(27)9(26)4-22)33-5-10-14(28)15(29)12(17(30)34-10)21-7(2)24/h8-17,22,25-30H,3-5H2,1-2H3,(H,20,23)(H,21,24)(H,31,32)/t8-,9-,10-,11-,12-,13-,14+,15-,16+,17+,19+/m1/s1. The average Bonchev–Trinajstić information content (AvgIpc) is 2.78. The van der Waals surface area contributed by atoms with Gasteiger partial charge in [0.25, 0.3) is 5.79 Å². The van der Waals surface area contributed by atoms with E-state index in [4.69, 9.17) is 19.3 Å². The van der Waals surface area contributed by atoms with Crippen LogP contribution in [-0.2, 0) is 28.6 Å². The molecule has 2 aliphatic heterocycles. The largest absolute Gasteiger partial charge is 0.477 e. The monoisotopic (exact) mass is 512 g/mol. The fraction of sp³-hybridized carbons (Fsp3) is 0.842. The molecule has 35 heavy (non-hydrogen) atoms. The molecular weight excluding hydrogens is 480 g/mol. The van der Waals surface area contributed by atoms with Crippen molar-refractivity contribution < 1.29 is 69.4 Å². The van der Waals surface area contributed by atoms with E-state index in [1.807, 2.05) is 0 Å². The Balaban J connectivity index is 2.25. The molecule has 2 fully saturated rings. The summed E-state index contributed by atoms with van der Waals surface area (Å²) in [7, 11) is 0. The molecule has 0 saturated carbocycles. The van der Waals surface area contributed by atoms with Gasteiger partial charge in [0.2, 0.25) is 11.8 Å². The molecule has 16 heteroatoms. The number of aliphatic hydroxyl groups is 7. The van der Waals surface area contributed by atoms with Crippen molar-refractivity contribution in [1.82, 2.24) is 10.6 Å². The van der Waals surface area contributed by atoms with Crippen LogP contribution in [0.1, 0.15) is 20.3 Å². The van der Waals surface area contributed by atoms with Gasteiger partial charge >= 0.3 is 5.97 Å². The Kier molecular flexibility index (Phi) is 9.88. The van der Waals surface area contributed by atoms with Gasteiger partial charge in [0.05, 0.1) is 25.4 Å². The highest BCUT2D eigenvalue weighted by atomic mass is 16.7. The van der Waals surface area contributed by atoms with E-state index >= 15 is 0 Å². The Morgan fingerprint density at radius 2 is 1.60 bits per heavy atom. The van der Waals surface area contributed by atoms with Gasteiger partial charge in [-0.3, -0.25) is 9.59 Å². The van der Waals surface area contributed by atoms with Crippen molar-refractivity contribution in [3.05, 3.63) is 0 Å². The maximum Gasteiger partial charge on any atom is 0.364 e. The maximum absolute atomic E-state index is 12.1. The summed E-state index contributed by atoms with van der Waals surface area (Å²) < 4.78 is 15.9. The normalized spacial score (nSPS) is 39.3. The minimum Gasteiger partial charge on any atom is -0.477 e. The number of aliphatic carboxylic acids is 1. The maximum atomic E-state index is 12.1. The molecule has 202 valence electrons. The van der Waals surface area contributed by atoms with Crippen molar-refractivity contribution in [3.63, 3.8) is 0 Å². The number of carboxylic acids is 1. The van der Waals surface area contributed by atoms with Crippen LogP contribution in [0.25, 0.3) is 0 Å². The second kappa shape index (κ2) is 11.8. The Hall–Kier alpha value is -1.99. The zero-order chi connectivity index (χ0) is 26.7. The number of rotatable bonds is 9. The molecule has 10 N–H and O–H groups in total. The molecule has 2 heterocycles. The summed E-state index contributed by atoms with van der Waals surface area (Å²) in [6.07, 6.45) is -14.9. The summed E-state index contributed by atoms with van der Waals surface area (Å²) in [5.41, 5.74) is 0. The van der Waals surface area contributed by atoms with Crippen molar-refractivity contribution in [1.29, 1.82) is 0 Å². The molecule has 11 atom stereocenters. The van der Waals surface area contributed by atoms with Crippen molar-refractivity contribution >= 4 is 17.8 Å². The first kappa shape index (κ1) is 29.2. The molecule has 0 aliphatic carbocycles. The van der Waals surface area contributed by atoms with Crippen molar-refractivity contribution in [2.45, 2.75) is 87.2 Å². The minimum atomic E-state index is -2.71. The number of hydrogen-bond acceptors (Lipinski definition) is 13. The Labute approximate surface area is 199 Å². The molecule has 16 nitrogen and oxygen atoms in total. The molecule has 2 amide bonds. The lowest BCUT2D eigenvalue weighted by molar-refractivity contribution is -0.328. The number of nitrogens with one attached hydrogen (secondary N) is 2. The fourth-order valence-corrected chi connectivity index (χ4v) is 3.97. The summed E-state index contributed by atoms with van der Waals surface area (Å²) >= 11 is 0. The zero-order valence-electron chi connectivity index (χ0n) is 18.9. The SMILES string of the molecule is CC(=O)N[C@@H]1[C@@H](O)[C@@H](O)[C@@H](CO[C@@]2(C(=O)O)C[C@@H](O)[C@@H](NC(C)=O)[C@@H]([C@H](O)[C@H](O)CO)O2)O[C@@H]1O. The second-order valence-corrected chi connectivity index (χ2v) is 8.46. The molecule has 0 unspecified atom stereocenters. The van der Waals surface area contributed by atoms with Gasteiger partial charge in [0.15, 0.2) is 6.29 Å². The number of amides is 2. The van der Waals surface area contributed by atoms with Crippen LogP contribution in [-0.4, -0.2) is 139 Å². The summed E-state index contributed by atoms with van der Waals surface area (Å²) in [6, 6.07) is -2.80. The molecule has 0 spiro atoms. The first-order chi connectivity index (χ1) is 16.2. The highest BCUT2D eigenvalue weighted by Gasteiger charge is 2.56. The second-order valence-electron chi connectivity index (χ2n) is 8.46. The van der Waals surface area contributed by atoms with Crippen LogP contribution in [0.5, 0.6) is 0 Å². The number of ether oxygens (including phenoxy) is 3. The van der Waals surface area contributed by atoms with E-state index in [1.54, 1.807) is 0 Å². The van der Waals surface area contributed by atoms with Crippen LogP contribution in [0.3, 0.4) is 0 Å². The topological polar surface area (TPSA) is 265 Å². The number of carbonyl (C=O) groups excluding carboxylic acids is 2. The van der Waals surface area contributed by atoms with Gasteiger partial charge < -0.3 is 65.7 Å². The predicted molar refractivity (Wildman–Crippen MR) is 109 cm³/mol. The van der Waals surface area contributed by atoms with Crippen LogP contribution >= 0.6 is 0 Å². The van der Waals surface area contributed by atoms with Crippen LogP contribution in [0.4, 0.5) is 0 Å². The van der Waals surface area contributed by atoms with Crippen LogP contribution in [0.15, 0.2) is 0 Å². The van der Waals surface area contributed by atoms with Gasteiger partial charge in [-0.25, -0.2) is 4.79 Å². The molecule has 0 radical (unpaired) electrons. The number of aliphatic hydroxyl groups excluding tert-OH is 7. The highest BCUT2D eigenvalue weighted by Crippen LogP contribution is 2.34. The quantitative estimate of drug-likeness (QED) is 0.138. The van der Waals surface area contributed by atoms with Crippen LogP contribution in [0.2, 0.25) is 0 Å². The van der Waals surface area contributed by atoms with Gasteiger partial charge in [-0.05, 0) is 0 Å². The third-order valence-electron chi connectivity index (χ3n) is 5.76. The smallest absolute Gasteiger partial charge is 0.364 e. The molecule has 2 aliphatic rings. The van der Waals surface area contributed by atoms with E-state index in [-0.39, 0.29) is 0 Å². The Bertz CT molecular complexity index is 770. The van der Waals surface area contributed by atoms with Crippen molar-refractivity contribution in [2.75, 3.05) is 13.2 Å². The van der Waals surface area contributed by atoms with E-state index in [9.17, 15) is 50.1 Å². The van der Waals surface area contributed by atoms with E-state index < -0.39 is 104 Å². The third kappa shape index (κ3) is 6.62. The number of carbonyl (C=O) groups is 3. The molecule has 0 aromatic rings. The van der Waals surface area contributed by atoms with Gasteiger partial charge in [-0.2, -0.15) is 0 Å². The molecule has 2 rings (SSSR count). The minimum absolute atomic E-state index is 0.628. The summed E-state index contributed by atoms with van der Waals surface area (Å²) in [6.45, 7) is 0.409. The number of hydrogen-bond donors (Lipinski definition) is 10. The first-order valence-electron chi connectivity index (χ1n) is 10.7. The molecule has 2 saturated heterocycles. The number of carboxylic acid groups (broad SMARTS) is 1. The fourth-order valence-electron chi connectivity index (χ4n) is 3.97. The lowest BCUT2D eigenvalue weighted by Crippen LogP contribution is -2.68. The van der Waals surface area contributed by atoms with Gasteiger partial charge in [0.1, 0.15) is 42.7 Å². The summed E-state index contributed by atoms with van der Waals surface area (Å²) in [5, 5.41) is 84.9. The van der Waals surface area contributed by atoms with Crippen molar-refractivity contribution in [2.24, 2.45) is 0 Å². The van der Waals surface area contributed by atoms with Gasteiger partial charge in [-0.1, -0.05) is 0 Å². The molecular formula is C19H32N2O14. The van der Waals surface area contributed by atoms with E-state index in [2.05, 4.69) is 10.6 Å². The van der Waals surface area contributed by atoms with Crippen LogP contribution < -0.4 is 10.6 Å². The highest BCUT2D eigenvalue weighted by molar-refractivity contribution is 5.76. The van der Waals surface area contributed by atoms with Crippen LogP contribution in [0, 0.1) is 0 Å². The van der Waals surface area contributed by atoms with Gasteiger partial charge in [0, 0.05) is 20.3 Å². The molecule has 0 aromatic carbocycles. The molecule has 0 aromatic heterocycles. The van der Waals surface area contributed by atoms with E-state index in [1.165, 1.54) is 0 Å². The summed E-state index contributed by atoms with van der Waals surface area (Å²) in [4.78, 5) is 34.9. The third-order valence-corrected chi connectivity index (χ3v) is 5.76. The lowest BCUT2D eigenvalue weighted by Gasteiger charge is -2.47. The van der Waals surface area contributed by atoms with Crippen molar-refractivity contribution in [3.8, 4) is 0 Å². The van der Waals surface area contributed by atoms with Gasteiger partial charge in [-0.15, -0.1) is 0 Å². The van der Waals surface area contributed by atoms with E-state index in [0.29, 0.717) is 0 Å².